The van der Waals surface area contributed by atoms with Gasteiger partial charge in [0.1, 0.15) is 5.82 Å². The molecule has 8 nitrogen and oxygen atoms in total. The van der Waals surface area contributed by atoms with E-state index in [1.165, 1.54) is 0 Å². The van der Waals surface area contributed by atoms with Gasteiger partial charge in [0.15, 0.2) is 11.5 Å². The molecule has 2 aromatic heterocycles. The van der Waals surface area contributed by atoms with Crippen molar-refractivity contribution in [2.75, 3.05) is 18.9 Å². The molecule has 0 amide bonds. The summed E-state index contributed by atoms with van der Waals surface area (Å²) in [5.74, 6) is 1.11. The lowest BCUT2D eigenvalue weighted by Crippen LogP contribution is -2.18. The van der Waals surface area contributed by atoms with Crippen molar-refractivity contribution >= 4 is 5.82 Å². The highest BCUT2D eigenvalue weighted by Gasteiger charge is 2.15. The molecule has 39 heavy (non-hydrogen) atoms. The first-order valence-electron chi connectivity index (χ1n) is 14.1. The predicted octanol–water partition coefficient (Wildman–Crippen LogP) is 4.50. The Bertz CT molecular complexity index is 1080. The minimum absolute atomic E-state index is 0.0797. The summed E-state index contributed by atoms with van der Waals surface area (Å²) in [7, 11) is 0. The average Bonchev–Trinajstić information content (AvgIpc) is 3.43. The molecule has 8 heteroatoms. The molecule has 2 heterocycles. The summed E-state index contributed by atoms with van der Waals surface area (Å²) >= 11 is 0. The van der Waals surface area contributed by atoms with Crippen LogP contribution < -0.4 is 15.5 Å². The van der Waals surface area contributed by atoms with Gasteiger partial charge in [0.25, 0.3) is 0 Å². The van der Waals surface area contributed by atoms with E-state index in [2.05, 4.69) is 9.97 Å². The smallest absolute Gasteiger partial charge is 0.161 e. The molecule has 0 spiro atoms. The number of nitrogen functional groups attached to an aromatic ring is 1. The van der Waals surface area contributed by atoms with Gasteiger partial charge in [-0.05, 0) is 86.3 Å². The number of unbranched alkanes of at least 4 members (excludes halogenated alkanes) is 4. The predicted molar refractivity (Wildman–Crippen MR) is 153 cm³/mol. The zero-order valence-corrected chi connectivity index (χ0v) is 22.8. The van der Waals surface area contributed by atoms with Crippen molar-refractivity contribution in [2.45, 2.75) is 88.8 Å². The third-order valence-electron chi connectivity index (χ3n) is 7.10. The van der Waals surface area contributed by atoms with Crippen LogP contribution in [0.25, 0.3) is 0 Å². The number of phenols is 1. The fourth-order valence-electron chi connectivity index (χ4n) is 4.86. The van der Waals surface area contributed by atoms with Gasteiger partial charge in [-0.15, -0.1) is 0 Å². The van der Waals surface area contributed by atoms with Gasteiger partial charge in [0.2, 0.25) is 0 Å². The van der Waals surface area contributed by atoms with Crippen LogP contribution in [0.1, 0.15) is 80.5 Å². The molecular weight excluding hydrogens is 494 g/mol. The number of aryl methyl sites for hydroxylation is 1. The molecule has 0 aliphatic heterocycles. The fraction of sp³-hybridized carbons (Fsp3) is 0.516. The molecular formula is C31H44N3O5-. The number of aromatic hydroxyl groups is 1. The number of aliphatic hydroxyl groups excluding tert-OH is 3. The van der Waals surface area contributed by atoms with Crippen molar-refractivity contribution in [3.8, 4) is 11.5 Å². The van der Waals surface area contributed by atoms with Gasteiger partial charge in [-0.2, -0.15) is 11.9 Å². The lowest BCUT2D eigenvalue weighted by molar-refractivity contribution is 0.0697. The van der Waals surface area contributed by atoms with Gasteiger partial charge in [-0.3, -0.25) is 0 Å². The van der Waals surface area contributed by atoms with Crippen LogP contribution in [0, 0.1) is 0 Å². The number of aliphatic hydroxyl groups is 3. The van der Waals surface area contributed by atoms with Crippen molar-refractivity contribution in [3.63, 3.8) is 0 Å². The second kappa shape index (κ2) is 16.8. The number of phenolic OH excluding ortho intramolecular Hbond substituents is 1. The minimum atomic E-state index is -0.592. The van der Waals surface area contributed by atoms with E-state index >= 15 is 0 Å². The first kappa shape index (κ1) is 30.5. The van der Waals surface area contributed by atoms with E-state index in [0.29, 0.717) is 50.3 Å². The molecule has 6 N–H and O–H groups in total. The SMILES string of the molecule is Nc1cc([C@H](CCOc2cc(CC[C@@H](O)C[C@@H](O)CCCCCCCO)ccc2O)Cc2ccc[n-]2)ccn1. The number of nitrogens with two attached hydrogens (primary N) is 1. The van der Waals surface area contributed by atoms with E-state index in [0.717, 1.165) is 55.3 Å². The molecule has 0 unspecified atom stereocenters. The Morgan fingerprint density at radius 1 is 0.923 bits per heavy atom. The monoisotopic (exact) mass is 538 g/mol. The number of hydrogen-bond donors (Lipinski definition) is 5. The Balaban J connectivity index is 1.46. The molecule has 0 aliphatic carbocycles. The molecule has 0 saturated heterocycles. The summed E-state index contributed by atoms with van der Waals surface area (Å²) in [5, 5.41) is 39.9. The van der Waals surface area contributed by atoms with E-state index in [1.54, 1.807) is 18.5 Å². The second-order valence-corrected chi connectivity index (χ2v) is 10.3. The van der Waals surface area contributed by atoms with Gasteiger partial charge < -0.3 is 35.9 Å². The van der Waals surface area contributed by atoms with Crippen molar-refractivity contribution in [2.24, 2.45) is 0 Å². The number of anilines is 1. The van der Waals surface area contributed by atoms with Gasteiger partial charge >= 0.3 is 0 Å². The van der Waals surface area contributed by atoms with E-state index in [1.807, 2.05) is 36.4 Å². The lowest BCUT2D eigenvalue weighted by Gasteiger charge is -2.21. The van der Waals surface area contributed by atoms with Crippen molar-refractivity contribution < 1.29 is 25.2 Å². The molecule has 0 aliphatic rings. The number of rotatable bonds is 19. The lowest BCUT2D eigenvalue weighted by atomic mass is 9.92. The van der Waals surface area contributed by atoms with Gasteiger partial charge in [-0.25, -0.2) is 4.98 Å². The van der Waals surface area contributed by atoms with E-state index in [9.17, 15) is 15.3 Å². The zero-order valence-electron chi connectivity index (χ0n) is 22.8. The minimum Gasteiger partial charge on any atom is -0.668 e. The molecule has 0 saturated carbocycles. The summed E-state index contributed by atoms with van der Waals surface area (Å²) < 4.78 is 6.00. The van der Waals surface area contributed by atoms with Crippen LogP contribution in [0.3, 0.4) is 0 Å². The number of pyridine rings is 1. The van der Waals surface area contributed by atoms with Crippen molar-refractivity contribution in [1.82, 2.24) is 9.97 Å². The number of hydrogen-bond acceptors (Lipinski definition) is 7. The average molecular weight is 539 g/mol. The van der Waals surface area contributed by atoms with E-state index < -0.39 is 12.2 Å². The van der Waals surface area contributed by atoms with Crippen LogP contribution in [-0.2, 0) is 12.8 Å². The molecule has 0 bridgehead atoms. The number of aromatic nitrogens is 2. The highest BCUT2D eigenvalue weighted by Crippen LogP contribution is 2.30. The van der Waals surface area contributed by atoms with Gasteiger partial charge in [0.05, 0.1) is 18.8 Å². The maximum absolute atomic E-state index is 10.4. The maximum Gasteiger partial charge on any atom is 0.161 e. The van der Waals surface area contributed by atoms with Gasteiger partial charge in [0, 0.05) is 12.8 Å². The Morgan fingerprint density at radius 3 is 2.49 bits per heavy atom. The molecule has 0 fully saturated rings. The quantitative estimate of drug-likeness (QED) is 0.140. The number of nitrogens with zero attached hydrogens (tertiary/aromatic N) is 2. The number of benzene rings is 1. The highest BCUT2D eigenvalue weighted by atomic mass is 16.5. The highest BCUT2D eigenvalue weighted by molar-refractivity contribution is 5.42. The molecule has 3 atom stereocenters. The second-order valence-electron chi connectivity index (χ2n) is 10.3. The maximum atomic E-state index is 10.4. The van der Waals surface area contributed by atoms with Crippen LogP contribution in [0.5, 0.6) is 11.5 Å². The Hall–Kier alpha value is -3.07. The summed E-state index contributed by atoms with van der Waals surface area (Å²) in [6, 6.07) is 13.1. The standard InChI is InChI=1S/C31H44N3O5/c32-31-21-24(13-16-34-31)25(20-26-7-6-15-33-26)14-18-39-30-19-23(10-12-29(30)38)9-11-28(37)22-27(36)8-4-2-1-3-5-17-35/h6-7,10,12-13,15-16,19,21,25,27-28,35-38H,1-5,8-9,11,14,17-18,20,22H2,(H2,32,34)/q-1/t25-,27+,28-/m1/s1. The summed E-state index contributed by atoms with van der Waals surface area (Å²) in [6.07, 6.45) is 10.9. The molecule has 214 valence electrons. The summed E-state index contributed by atoms with van der Waals surface area (Å²) in [6.45, 7) is 0.638. The van der Waals surface area contributed by atoms with Crippen LogP contribution in [0.15, 0.2) is 54.9 Å². The van der Waals surface area contributed by atoms with Crippen LogP contribution in [-0.4, -0.2) is 50.8 Å². The third kappa shape index (κ3) is 11.3. The molecule has 3 aromatic rings. The van der Waals surface area contributed by atoms with E-state index in [4.69, 9.17) is 15.6 Å². The number of ether oxygens (including phenoxy) is 1. The first-order valence-corrected chi connectivity index (χ1v) is 14.1. The van der Waals surface area contributed by atoms with Crippen LogP contribution in [0.4, 0.5) is 5.82 Å². The fourth-order valence-corrected chi connectivity index (χ4v) is 4.86. The summed E-state index contributed by atoms with van der Waals surface area (Å²) in [5.41, 5.74) is 8.95. The van der Waals surface area contributed by atoms with Crippen LogP contribution in [0.2, 0.25) is 0 Å². The van der Waals surface area contributed by atoms with Crippen molar-refractivity contribution in [3.05, 3.63) is 71.7 Å². The van der Waals surface area contributed by atoms with Crippen LogP contribution >= 0.6 is 0 Å². The Morgan fingerprint density at radius 2 is 1.72 bits per heavy atom. The topological polar surface area (TPSA) is 143 Å². The Kier molecular flexibility index (Phi) is 13.1. The van der Waals surface area contributed by atoms with Crippen molar-refractivity contribution in [1.29, 1.82) is 0 Å². The van der Waals surface area contributed by atoms with E-state index in [-0.39, 0.29) is 18.3 Å². The normalized spacial score (nSPS) is 13.7. The molecule has 3 rings (SSSR count). The largest absolute Gasteiger partial charge is 0.668 e. The van der Waals surface area contributed by atoms with Gasteiger partial charge in [-0.1, -0.05) is 43.9 Å². The molecule has 0 radical (unpaired) electrons. The first-order chi connectivity index (χ1) is 18.9. The molecule has 1 aromatic carbocycles. The summed E-state index contributed by atoms with van der Waals surface area (Å²) in [4.78, 5) is 8.50. The Labute approximate surface area is 231 Å². The zero-order chi connectivity index (χ0) is 27.9. The third-order valence-corrected chi connectivity index (χ3v) is 7.10.